The highest BCUT2D eigenvalue weighted by Crippen LogP contribution is 2.00. The first kappa shape index (κ1) is 9.00. The molecule has 3 heteroatoms. The van der Waals surface area contributed by atoms with Crippen LogP contribution in [0.1, 0.15) is 23.7 Å². The number of aryl methyl sites for hydroxylation is 1. The van der Waals surface area contributed by atoms with Crippen LogP contribution in [0.15, 0.2) is 18.5 Å². The van der Waals surface area contributed by atoms with Crippen molar-refractivity contribution in [3.8, 4) is 0 Å². The molecule has 0 aliphatic heterocycles. The van der Waals surface area contributed by atoms with Gasteiger partial charge in [0.05, 0.1) is 6.10 Å². The van der Waals surface area contributed by atoms with Crippen LogP contribution >= 0.6 is 0 Å². The summed E-state index contributed by atoms with van der Waals surface area (Å²) in [6.07, 6.45) is 4.86. The average molecular weight is 167 g/mol. The molecule has 0 spiro atoms. The van der Waals surface area contributed by atoms with Gasteiger partial charge in [-0.3, -0.25) is 4.79 Å². The summed E-state index contributed by atoms with van der Waals surface area (Å²) in [5.41, 5.74) is 0.681. The Hall–Kier alpha value is -1.09. The zero-order valence-electron chi connectivity index (χ0n) is 7.10. The van der Waals surface area contributed by atoms with Gasteiger partial charge in [-0.25, -0.2) is 0 Å². The number of aldehydes is 1. The lowest BCUT2D eigenvalue weighted by atomic mass is 10.3. The van der Waals surface area contributed by atoms with E-state index < -0.39 is 0 Å². The molecule has 1 N–H and O–H groups in total. The van der Waals surface area contributed by atoms with Gasteiger partial charge in [-0.1, -0.05) is 0 Å². The first-order chi connectivity index (χ1) is 5.72. The number of hydrogen-bond donors (Lipinski definition) is 1. The normalized spacial score (nSPS) is 12.8. The molecule has 0 radical (unpaired) electrons. The van der Waals surface area contributed by atoms with Crippen LogP contribution in [-0.2, 0) is 6.54 Å². The molecule has 3 nitrogen and oxygen atoms in total. The van der Waals surface area contributed by atoms with Crippen LogP contribution in [0.5, 0.6) is 0 Å². The summed E-state index contributed by atoms with van der Waals surface area (Å²) in [6.45, 7) is 2.51. The molecule has 0 amide bonds. The van der Waals surface area contributed by atoms with E-state index in [1.807, 2.05) is 10.8 Å². The van der Waals surface area contributed by atoms with Crippen molar-refractivity contribution >= 4 is 6.29 Å². The molecule has 0 saturated heterocycles. The van der Waals surface area contributed by atoms with Gasteiger partial charge in [0, 0.05) is 24.5 Å². The molecule has 12 heavy (non-hydrogen) atoms. The minimum absolute atomic E-state index is 0.285. The number of nitrogens with zero attached hydrogens (tertiary/aromatic N) is 1. The molecule has 1 rings (SSSR count). The maximum atomic E-state index is 10.3. The molecular weight excluding hydrogens is 154 g/mol. The summed E-state index contributed by atoms with van der Waals surface area (Å²) in [5, 5.41) is 8.99. The molecule has 0 bridgehead atoms. The molecule has 0 aromatic carbocycles. The second-order valence-electron chi connectivity index (χ2n) is 2.94. The fourth-order valence-electron chi connectivity index (χ4n) is 1.00. The van der Waals surface area contributed by atoms with E-state index in [9.17, 15) is 4.79 Å². The van der Waals surface area contributed by atoms with Gasteiger partial charge in [0.25, 0.3) is 0 Å². The molecular formula is C9H13NO2. The molecule has 0 aliphatic rings. The third-order valence-electron chi connectivity index (χ3n) is 1.71. The molecule has 0 fully saturated rings. The number of aliphatic hydroxyl groups excluding tert-OH is 1. The third kappa shape index (κ3) is 2.51. The van der Waals surface area contributed by atoms with Crippen LogP contribution in [-0.4, -0.2) is 22.1 Å². The SMILES string of the molecule is CC(O)CCn1ccc(C=O)c1. The quantitative estimate of drug-likeness (QED) is 0.681. The van der Waals surface area contributed by atoms with Crippen molar-refractivity contribution in [2.75, 3.05) is 0 Å². The van der Waals surface area contributed by atoms with Crippen molar-refractivity contribution in [3.05, 3.63) is 24.0 Å². The third-order valence-corrected chi connectivity index (χ3v) is 1.71. The fraction of sp³-hybridized carbons (Fsp3) is 0.444. The summed E-state index contributed by atoms with van der Waals surface area (Å²) < 4.78 is 1.90. The Balaban J connectivity index is 2.47. The Bertz CT molecular complexity index is 253. The van der Waals surface area contributed by atoms with Crippen LogP contribution in [0.4, 0.5) is 0 Å². The second-order valence-corrected chi connectivity index (χ2v) is 2.94. The second kappa shape index (κ2) is 4.07. The van der Waals surface area contributed by atoms with Gasteiger partial charge in [-0.15, -0.1) is 0 Å². The summed E-state index contributed by atoms with van der Waals surface area (Å²) in [7, 11) is 0. The summed E-state index contributed by atoms with van der Waals surface area (Å²) in [4.78, 5) is 10.3. The lowest BCUT2D eigenvalue weighted by Gasteiger charge is -2.04. The minimum Gasteiger partial charge on any atom is -0.393 e. The largest absolute Gasteiger partial charge is 0.393 e. The highest BCUT2D eigenvalue weighted by atomic mass is 16.3. The highest BCUT2D eigenvalue weighted by molar-refractivity contribution is 5.74. The lowest BCUT2D eigenvalue weighted by molar-refractivity contribution is 0.112. The van der Waals surface area contributed by atoms with E-state index in [2.05, 4.69) is 0 Å². The summed E-state index contributed by atoms with van der Waals surface area (Å²) in [5.74, 6) is 0. The van der Waals surface area contributed by atoms with Crippen molar-refractivity contribution in [1.82, 2.24) is 4.57 Å². The van der Waals surface area contributed by atoms with E-state index in [4.69, 9.17) is 5.11 Å². The molecule has 1 aromatic rings. The number of rotatable bonds is 4. The van der Waals surface area contributed by atoms with E-state index in [0.717, 1.165) is 12.8 Å². The number of carbonyl (C=O) groups excluding carboxylic acids is 1. The Kier molecular flexibility index (Phi) is 3.05. The topological polar surface area (TPSA) is 42.2 Å². The zero-order valence-corrected chi connectivity index (χ0v) is 7.10. The van der Waals surface area contributed by atoms with E-state index in [-0.39, 0.29) is 6.10 Å². The van der Waals surface area contributed by atoms with Gasteiger partial charge in [-0.05, 0) is 19.4 Å². The number of hydrogen-bond acceptors (Lipinski definition) is 2. The number of aromatic nitrogens is 1. The van der Waals surface area contributed by atoms with Crippen molar-refractivity contribution in [3.63, 3.8) is 0 Å². The monoisotopic (exact) mass is 167 g/mol. The first-order valence-corrected chi connectivity index (χ1v) is 4.01. The predicted molar refractivity (Wildman–Crippen MR) is 46.1 cm³/mol. The Morgan fingerprint density at radius 2 is 2.50 bits per heavy atom. The van der Waals surface area contributed by atoms with Crippen LogP contribution in [0.2, 0.25) is 0 Å². The van der Waals surface area contributed by atoms with Gasteiger partial charge in [0.2, 0.25) is 0 Å². The standard InChI is InChI=1S/C9H13NO2/c1-8(12)2-4-10-5-3-9(6-10)7-11/h3,5-8,12H,2,4H2,1H3. The minimum atomic E-state index is -0.285. The van der Waals surface area contributed by atoms with E-state index in [1.165, 1.54) is 0 Å². The van der Waals surface area contributed by atoms with Crippen molar-refractivity contribution in [2.45, 2.75) is 26.0 Å². The van der Waals surface area contributed by atoms with Crippen LogP contribution in [0, 0.1) is 0 Å². The molecule has 1 heterocycles. The number of aliphatic hydroxyl groups is 1. The number of carbonyl (C=O) groups is 1. The van der Waals surface area contributed by atoms with Gasteiger partial charge >= 0.3 is 0 Å². The van der Waals surface area contributed by atoms with Crippen molar-refractivity contribution in [2.24, 2.45) is 0 Å². The zero-order chi connectivity index (χ0) is 8.97. The van der Waals surface area contributed by atoms with Gasteiger partial charge < -0.3 is 9.67 Å². The first-order valence-electron chi connectivity index (χ1n) is 4.01. The van der Waals surface area contributed by atoms with Crippen molar-refractivity contribution in [1.29, 1.82) is 0 Å². The maximum absolute atomic E-state index is 10.3. The fourth-order valence-corrected chi connectivity index (χ4v) is 1.00. The van der Waals surface area contributed by atoms with E-state index in [0.29, 0.717) is 12.0 Å². The van der Waals surface area contributed by atoms with Gasteiger partial charge in [0.15, 0.2) is 6.29 Å². The highest BCUT2D eigenvalue weighted by Gasteiger charge is 1.97. The predicted octanol–water partition coefficient (Wildman–Crippen LogP) is 1.07. The maximum Gasteiger partial charge on any atom is 0.151 e. The van der Waals surface area contributed by atoms with Gasteiger partial charge in [-0.2, -0.15) is 0 Å². The van der Waals surface area contributed by atoms with E-state index in [1.54, 1.807) is 19.2 Å². The molecule has 1 aromatic heterocycles. The molecule has 1 unspecified atom stereocenters. The van der Waals surface area contributed by atoms with E-state index >= 15 is 0 Å². The summed E-state index contributed by atoms with van der Waals surface area (Å²) in [6, 6.07) is 1.76. The molecule has 1 atom stereocenters. The summed E-state index contributed by atoms with van der Waals surface area (Å²) >= 11 is 0. The average Bonchev–Trinajstić information content (AvgIpc) is 2.48. The van der Waals surface area contributed by atoms with Crippen LogP contribution < -0.4 is 0 Å². The Labute approximate surface area is 71.6 Å². The van der Waals surface area contributed by atoms with Crippen LogP contribution in [0.3, 0.4) is 0 Å². The van der Waals surface area contributed by atoms with Gasteiger partial charge in [0.1, 0.15) is 0 Å². The molecule has 66 valence electrons. The smallest absolute Gasteiger partial charge is 0.151 e. The van der Waals surface area contributed by atoms with Crippen LogP contribution in [0.25, 0.3) is 0 Å². The lowest BCUT2D eigenvalue weighted by Crippen LogP contribution is -2.05. The molecule has 0 aliphatic carbocycles. The Morgan fingerprint density at radius 3 is 3.00 bits per heavy atom. The van der Waals surface area contributed by atoms with Crippen molar-refractivity contribution < 1.29 is 9.90 Å². The Morgan fingerprint density at radius 1 is 1.75 bits per heavy atom. The molecule has 0 saturated carbocycles.